The molecule has 6 heteroatoms. The van der Waals surface area contributed by atoms with Gasteiger partial charge in [0.2, 0.25) is 0 Å². The van der Waals surface area contributed by atoms with E-state index in [1.54, 1.807) is 12.1 Å². The van der Waals surface area contributed by atoms with Gasteiger partial charge in [0.05, 0.1) is 22.5 Å². The van der Waals surface area contributed by atoms with Crippen LogP contribution >= 0.6 is 0 Å². The molecular weight excluding hydrogens is 500 g/mol. The van der Waals surface area contributed by atoms with Crippen molar-refractivity contribution in [2.45, 2.75) is 12.1 Å². The standard InChI is InChI=1S/C34H18N2O4/c37-31-27-23-15-19-7-3-1-5-17(19)13-21(23)9-11-25(27)35-29(31)33(39)36-26-12-10-22-14-18-6-2-4-8-20(18)16-24(22)28(26)32(38)30(36)34(35)40/h1-16,29-30H/t29-,30-/m0/s1. The molecule has 0 aliphatic carbocycles. The van der Waals surface area contributed by atoms with Crippen LogP contribution in [0.5, 0.6) is 0 Å². The molecule has 3 aliphatic heterocycles. The van der Waals surface area contributed by atoms with E-state index in [1.165, 1.54) is 9.80 Å². The monoisotopic (exact) mass is 518 g/mol. The van der Waals surface area contributed by atoms with E-state index in [2.05, 4.69) is 0 Å². The summed E-state index contributed by atoms with van der Waals surface area (Å²) < 4.78 is 0. The molecule has 0 bridgehead atoms. The molecule has 3 aliphatic rings. The lowest BCUT2D eigenvalue weighted by molar-refractivity contribution is -0.128. The predicted molar refractivity (Wildman–Crippen MR) is 154 cm³/mol. The van der Waals surface area contributed by atoms with E-state index < -0.39 is 35.5 Å². The maximum atomic E-state index is 14.1. The molecule has 1 fully saturated rings. The molecular formula is C34H18N2O4. The van der Waals surface area contributed by atoms with Gasteiger partial charge in [-0.1, -0.05) is 60.7 Å². The number of carbonyl (C=O) groups is 4. The Balaban J connectivity index is 1.24. The lowest BCUT2D eigenvalue weighted by Crippen LogP contribution is -2.65. The fourth-order valence-corrected chi connectivity index (χ4v) is 6.91. The molecule has 0 spiro atoms. The number of nitrogens with zero attached hydrogens (tertiary/aromatic N) is 2. The molecule has 188 valence electrons. The molecule has 3 heterocycles. The highest BCUT2D eigenvalue weighted by atomic mass is 16.2. The van der Waals surface area contributed by atoms with Crippen molar-refractivity contribution in [3.8, 4) is 0 Å². The molecule has 2 atom stereocenters. The number of anilines is 2. The van der Waals surface area contributed by atoms with Crippen LogP contribution in [0.3, 0.4) is 0 Å². The molecule has 9 rings (SSSR count). The molecule has 0 aromatic heterocycles. The van der Waals surface area contributed by atoms with E-state index >= 15 is 0 Å². The highest BCUT2D eigenvalue weighted by Crippen LogP contribution is 2.47. The third kappa shape index (κ3) is 2.49. The molecule has 0 N–H and O–H groups in total. The van der Waals surface area contributed by atoms with E-state index in [0.29, 0.717) is 33.3 Å². The van der Waals surface area contributed by atoms with Crippen LogP contribution in [0.4, 0.5) is 11.4 Å². The largest absolute Gasteiger partial charge is 0.291 e. The van der Waals surface area contributed by atoms with Gasteiger partial charge in [-0.3, -0.25) is 29.0 Å². The summed E-state index contributed by atoms with van der Waals surface area (Å²) in [5.41, 5.74) is 1.48. The molecule has 6 nitrogen and oxygen atoms in total. The highest BCUT2D eigenvalue weighted by Gasteiger charge is 2.60. The molecule has 40 heavy (non-hydrogen) atoms. The second-order valence-corrected chi connectivity index (χ2v) is 10.7. The molecule has 0 unspecified atom stereocenters. The predicted octanol–water partition coefficient (Wildman–Crippen LogP) is 5.81. The van der Waals surface area contributed by atoms with Gasteiger partial charge in [-0.05, 0) is 79.5 Å². The van der Waals surface area contributed by atoms with Gasteiger partial charge in [0.15, 0.2) is 23.7 Å². The van der Waals surface area contributed by atoms with Crippen LogP contribution in [0.25, 0.3) is 43.1 Å². The zero-order chi connectivity index (χ0) is 26.9. The van der Waals surface area contributed by atoms with Crippen LogP contribution < -0.4 is 9.80 Å². The zero-order valence-electron chi connectivity index (χ0n) is 20.9. The summed E-state index contributed by atoms with van der Waals surface area (Å²) in [5.74, 6) is -1.93. The van der Waals surface area contributed by atoms with Crippen molar-refractivity contribution in [2.75, 3.05) is 9.80 Å². The van der Waals surface area contributed by atoms with Crippen LogP contribution in [0, 0.1) is 0 Å². The number of ketones is 2. The summed E-state index contributed by atoms with van der Waals surface area (Å²) in [6.45, 7) is 0. The van der Waals surface area contributed by atoms with Crippen LogP contribution in [0.1, 0.15) is 20.7 Å². The van der Waals surface area contributed by atoms with Gasteiger partial charge in [0, 0.05) is 0 Å². The first-order valence-electron chi connectivity index (χ1n) is 13.2. The van der Waals surface area contributed by atoms with Crippen molar-refractivity contribution in [2.24, 2.45) is 0 Å². The fraction of sp³-hybridized carbons (Fsp3) is 0.0588. The average Bonchev–Trinajstić information content (AvgIpc) is 3.46. The Morgan fingerprint density at radius 1 is 0.425 bits per heavy atom. The smallest absolute Gasteiger partial charge is 0.259 e. The van der Waals surface area contributed by atoms with Crippen molar-refractivity contribution in [1.29, 1.82) is 0 Å². The van der Waals surface area contributed by atoms with Gasteiger partial charge >= 0.3 is 0 Å². The number of carbonyl (C=O) groups excluding carboxylic acids is 4. The third-order valence-electron chi connectivity index (χ3n) is 8.70. The van der Waals surface area contributed by atoms with Crippen molar-refractivity contribution in [3.63, 3.8) is 0 Å². The number of rotatable bonds is 0. The van der Waals surface area contributed by atoms with Gasteiger partial charge in [0.1, 0.15) is 0 Å². The normalized spacial score (nSPS) is 19.6. The Morgan fingerprint density at radius 2 is 0.800 bits per heavy atom. The Hall–Kier alpha value is -5.36. The quantitative estimate of drug-likeness (QED) is 0.188. The number of fused-ring (bicyclic) bond motifs is 12. The number of amides is 2. The maximum absolute atomic E-state index is 14.1. The van der Waals surface area contributed by atoms with Gasteiger partial charge in [-0.25, -0.2) is 0 Å². The second-order valence-electron chi connectivity index (χ2n) is 10.7. The van der Waals surface area contributed by atoms with Crippen LogP contribution in [0.2, 0.25) is 0 Å². The number of benzene rings is 6. The fourth-order valence-electron chi connectivity index (χ4n) is 6.91. The van der Waals surface area contributed by atoms with E-state index in [9.17, 15) is 19.2 Å². The minimum Gasteiger partial charge on any atom is -0.291 e. The second kappa shape index (κ2) is 7.18. The summed E-state index contributed by atoms with van der Waals surface area (Å²) in [4.78, 5) is 58.6. The van der Waals surface area contributed by atoms with Crippen molar-refractivity contribution in [3.05, 3.63) is 108 Å². The van der Waals surface area contributed by atoms with Gasteiger partial charge < -0.3 is 0 Å². The van der Waals surface area contributed by atoms with Crippen LogP contribution in [-0.4, -0.2) is 35.5 Å². The van der Waals surface area contributed by atoms with Crippen molar-refractivity contribution in [1.82, 2.24) is 0 Å². The van der Waals surface area contributed by atoms with E-state index in [1.807, 2.05) is 84.9 Å². The van der Waals surface area contributed by atoms with Crippen LogP contribution in [0.15, 0.2) is 97.1 Å². The van der Waals surface area contributed by atoms with Gasteiger partial charge in [0.25, 0.3) is 11.8 Å². The molecule has 6 aromatic rings. The van der Waals surface area contributed by atoms with Gasteiger partial charge in [-0.15, -0.1) is 0 Å². The Kier molecular flexibility index (Phi) is 3.87. The summed E-state index contributed by atoms with van der Waals surface area (Å²) in [5, 5.41) is 7.09. The average molecular weight is 519 g/mol. The minimum atomic E-state index is -1.33. The number of hydrogen-bond donors (Lipinski definition) is 0. The zero-order valence-corrected chi connectivity index (χ0v) is 20.9. The van der Waals surface area contributed by atoms with Gasteiger partial charge in [-0.2, -0.15) is 0 Å². The molecule has 2 amide bonds. The summed E-state index contributed by atoms with van der Waals surface area (Å²) in [7, 11) is 0. The maximum Gasteiger partial charge on any atom is 0.259 e. The first kappa shape index (κ1) is 21.6. The van der Waals surface area contributed by atoms with Crippen LogP contribution in [-0.2, 0) is 9.59 Å². The first-order valence-corrected chi connectivity index (χ1v) is 13.2. The van der Waals surface area contributed by atoms with Crippen molar-refractivity contribution < 1.29 is 19.2 Å². The molecule has 6 aromatic carbocycles. The topological polar surface area (TPSA) is 74.8 Å². The van der Waals surface area contributed by atoms with E-state index in [4.69, 9.17) is 0 Å². The van der Waals surface area contributed by atoms with E-state index in [0.717, 1.165) is 32.3 Å². The van der Waals surface area contributed by atoms with E-state index in [-0.39, 0.29) is 0 Å². The Morgan fingerprint density at radius 3 is 1.20 bits per heavy atom. The Bertz CT molecular complexity index is 2070. The highest BCUT2D eigenvalue weighted by molar-refractivity contribution is 6.43. The Labute approximate surface area is 227 Å². The third-order valence-corrected chi connectivity index (χ3v) is 8.70. The molecule has 1 saturated heterocycles. The summed E-state index contributed by atoms with van der Waals surface area (Å²) in [6, 6.07) is 28.1. The number of hydrogen-bond acceptors (Lipinski definition) is 4. The number of Topliss-reactive ketones (excluding diaryl/α,β-unsaturated/α-hetero) is 2. The lowest BCUT2D eigenvalue weighted by atomic mass is 9.96. The lowest BCUT2D eigenvalue weighted by Gasteiger charge is -2.37. The summed E-state index contributed by atoms with van der Waals surface area (Å²) in [6.07, 6.45) is 0. The first-order chi connectivity index (χ1) is 19.5. The minimum absolute atomic E-state index is 0.355. The van der Waals surface area contributed by atoms with Crippen molar-refractivity contribution >= 4 is 77.8 Å². The molecule has 0 saturated carbocycles. The molecule has 0 radical (unpaired) electrons. The summed E-state index contributed by atoms with van der Waals surface area (Å²) >= 11 is 0. The number of piperazine rings is 1. The SMILES string of the molecule is O=C1c2c(ccc3cc4ccccc4cc23)N2C(=O)[C@@H]3C(=O)c4c(ccc5cc6ccccc6cc45)N3C(=O)[C@H]12.